The lowest BCUT2D eigenvalue weighted by Gasteiger charge is -2.23. The standard InChI is InChI=1S/C21H23N3O5.ClH/c1-22-16-14-8-24(9-15(14)16)11-5-6-12-10(7-11)3-2-4-13-17(12)23-20(26)19(18(13)25)29-21(27)28;/h5-7,14-16,22H,2-4,8-9H2,1H3,(H,27,28)(H2,23,25,26);1H/t14-,15+,16?;. The molecule has 5 rings (SSSR count). The second kappa shape index (κ2) is 7.52. The summed E-state index contributed by atoms with van der Waals surface area (Å²) in [5.41, 5.74) is 3.49. The smallest absolute Gasteiger partial charge is 0.504 e. The van der Waals surface area contributed by atoms with Gasteiger partial charge in [-0.3, -0.25) is 4.79 Å². The van der Waals surface area contributed by atoms with Gasteiger partial charge < -0.3 is 30.2 Å². The molecule has 1 aliphatic heterocycles. The highest BCUT2D eigenvalue weighted by Crippen LogP contribution is 2.47. The van der Waals surface area contributed by atoms with Crippen molar-refractivity contribution in [3.8, 4) is 22.8 Å². The quantitative estimate of drug-likeness (QED) is 0.549. The zero-order valence-corrected chi connectivity index (χ0v) is 17.3. The maximum Gasteiger partial charge on any atom is 0.511 e. The minimum absolute atomic E-state index is 0. The molecule has 1 unspecified atom stereocenters. The van der Waals surface area contributed by atoms with Crippen LogP contribution in [0.1, 0.15) is 17.5 Å². The van der Waals surface area contributed by atoms with Crippen LogP contribution in [0.5, 0.6) is 11.5 Å². The lowest BCUT2D eigenvalue weighted by atomic mass is 10.00. The SMILES string of the molecule is CNC1[C@H]2CN(c3ccc4c(c3)CCCc3c-4[nH]c(=O)c(OC(=O)O)c3O)C[C@@H]12.Cl. The van der Waals surface area contributed by atoms with E-state index >= 15 is 0 Å². The first-order valence-corrected chi connectivity index (χ1v) is 9.92. The summed E-state index contributed by atoms with van der Waals surface area (Å²) in [7, 11) is 2.02. The number of aryl methyl sites for hydroxylation is 1. The molecule has 2 fully saturated rings. The van der Waals surface area contributed by atoms with E-state index in [-0.39, 0.29) is 18.2 Å². The molecule has 3 atom stereocenters. The predicted molar refractivity (Wildman–Crippen MR) is 114 cm³/mol. The number of rotatable bonds is 3. The van der Waals surface area contributed by atoms with Crippen molar-refractivity contribution in [2.24, 2.45) is 11.8 Å². The Hall–Kier alpha value is -2.71. The van der Waals surface area contributed by atoms with Crippen LogP contribution in [0.2, 0.25) is 0 Å². The van der Waals surface area contributed by atoms with E-state index in [0.29, 0.717) is 23.7 Å². The van der Waals surface area contributed by atoms with E-state index in [9.17, 15) is 14.7 Å². The number of anilines is 1. The Morgan fingerprint density at radius 2 is 2.00 bits per heavy atom. The molecule has 8 nitrogen and oxygen atoms in total. The third-order valence-electron chi connectivity index (χ3n) is 6.56. The van der Waals surface area contributed by atoms with Gasteiger partial charge in [0.25, 0.3) is 5.56 Å². The number of ether oxygens (including phenoxy) is 1. The van der Waals surface area contributed by atoms with Gasteiger partial charge in [0.15, 0.2) is 5.75 Å². The number of aromatic amines is 1. The summed E-state index contributed by atoms with van der Waals surface area (Å²) >= 11 is 0. The van der Waals surface area contributed by atoms with Crippen LogP contribution in [0.3, 0.4) is 0 Å². The maximum atomic E-state index is 12.3. The van der Waals surface area contributed by atoms with Crippen molar-refractivity contribution < 1.29 is 19.7 Å². The number of piperidine rings is 1. The molecule has 1 aromatic carbocycles. The van der Waals surface area contributed by atoms with Crippen LogP contribution in [0.15, 0.2) is 23.0 Å². The normalized spacial score (nSPS) is 23.5. The number of H-pyrrole nitrogens is 1. The highest BCUT2D eigenvalue weighted by Gasteiger charge is 2.54. The highest BCUT2D eigenvalue weighted by molar-refractivity contribution is 5.85. The fourth-order valence-corrected chi connectivity index (χ4v) is 5.11. The Balaban J connectivity index is 0.00000218. The van der Waals surface area contributed by atoms with Gasteiger partial charge >= 0.3 is 6.16 Å². The minimum atomic E-state index is -1.63. The number of benzene rings is 1. The first-order chi connectivity index (χ1) is 14.0. The average molecular weight is 434 g/mol. The molecule has 1 aromatic heterocycles. The van der Waals surface area contributed by atoms with Crippen LogP contribution in [-0.4, -0.2) is 47.5 Å². The number of hydrogen-bond donors (Lipinski definition) is 4. The summed E-state index contributed by atoms with van der Waals surface area (Å²) < 4.78 is 4.50. The van der Waals surface area contributed by atoms with Gasteiger partial charge in [-0.1, -0.05) is 6.07 Å². The highest BCUT2D eigenvalue weighted by atomic mass is 35.5. The molecule has 9 heteroatoms. The third-order valence-corrected chi connectivity index (χ3v) is 6.56. The van der Waals surface area contributed by atoms with Crippen molar-refractivity contribution in [1.29, 1.82) is 0 Å². The molecule has 2 aromatic rings. The summed E-state index contributed by atoms with van der Waals surface area (Å²) in [5, 5.41) is 22.7. The number of nitrogens with zero attached hydrogens (tertiary/aromatic N) is 1. The second-order valence-corrected chi connectivity index (χ2v) is 8.10. The van der Waals surface area contributed by atoms with Gasteiger partial charge in [-0.2, -0.15) is 0 Å². The van der Waals surface area contributed by atoms with Crippen molar-refractivity contribution in [3.63, 3.8) is 0 Å². The van der Waals surface area contributed by atoms with Gasteiger partial charge in [0.2, 0.25) is 5.75 Å². The predicted octanol–water partition coefficient (Wildman–Crippen LogP) is 2.37. The van der Waals surface area contributed by atoms with E-state index in [0.717, 1.165) is 48.9 Å². The molecular weight excluding hydrogens is 410 g/mol. The van der Waals surface area contributed by atoms with Gasteiger partial charge in [0.1, 0.15) is 0 Å². The van der Waals surface area contributed by atoms with Crippen molar-refractivity contribution in [2.45, 2.75) is 25.3 Å². The molecule has 4 N–H and O–H groups in total. The van der Waals surface area contributed by atoms with Crippen LogP contribution in [0.4, 0.5) is 10.5 Å². The molecule has 1 saturated carbocycles. The molecule has 2 aliphatic carbocycles. The van der Waals surface area contributed by atoms with Gasteiger partial charge in [-0.25, -0.2) is 4.79 Å². The lowest BCUT2D eigenvalue weighted by molar-refractivity contribution is 0.142. The molecule has 0 radical (unpaired) electrons. The molecule has 30 heavy (non-hydrogen) atoms. The number of pyridine rings is 1. The average Bonchev–Trinajstić information content (AvgIpc) is 3.24. The first kappa shape index (κ1) is 20.6. The van der Waals surface area contributed by atoms with E-state index < -0.39 is 17.5 Å². The zero-order valence-electron chi connectivity index (χ0n) is 16.5. The van der Waals surface area contributed by atoms with E-state index in [1.54, 1.807) is 0 Å². The number of nitrogens with one attached hydrogen (secondary N) is 2. The van der Waals surface area contributed by atoms with Crippen molar-refractivity contribution in [3.05, 3.63) is 39.7 Å². The van der Waals surface area contributed by atoms with E-state index in [2.05, 4.69) is 32.1 Å². The van der Waals surface area contributed by atoms with Crippen LogP contribution in [0, 0.1) is 11.8 Å². The Morgan fingerprint density at radius 1 is 1.27 bits per heavy atom. The number of aromatic hydroxyl groups is 1. The van der Waals surface area contributed by atoms with Crippen molar-refractivity contribution >= 4 is 24.2 Å². The molecule has 3 aliphatic rings. The maximum absolute atomic E-state index is 12.3. The first-order valence-electron chi connectivity index (χ1n) is 9.92. The summed E-state index contributed by atoms with van der Waals surface area (Å²) in [5.74, 6) is 0.494. The van der Waals surface area contributed by atoms with Crippen LogP contribution in [-0.2, 0) is 12.8 Å². The number of carbonyl (C=O) groups is 1. The Kier molecular flexibility index (Phi) is 5.15. The summed E-state index contributed by atoms with van der Waals surface area (Å²) in [6.45, 7) is 2.11. The number of carboxylic acid groups (broad SMARTS) is 1. The number of fused-ring (bicyclic) bond motifs is 4. The largest absolute Gasteiger partial charge is 0.511 e. The van der Waals surface area contributed by atoms with Gasteiger partial charge in [-0.05, 0) is 55.8 Å². The molecule has 160 valence electrons. The summed E-state index contributed by atoms with van der Waals surface area (Å²) in [6.07, 6.45) is 0.487. The van der Waals surface area contributed by atoms with E-state index in [1.165, 1.54) is 5.69 Å². The topological polar surface area (TPSA) is 115 Å². The van der Waals surface area contributed by atoms with E-state index in [4.69, 9.17) is 5.11 Å². The van der Waals surface area contributed by atoms with Gasteiger partial charge in [0.05, 0.1) is 5.69 Å². The molecule has 1 saturated heterocycles. The third kappa shape index (κ3) is 3.20. The number of hydrogen-bond acceptors (Lipinski definition) is 6. The van der Waals surface area contributed by atoms with Crippen molar-refractivity contribution in [1.82, 2.24) is 10.3 Å². The zero-order chi connectivity index (χ0) is 20.3. The minimum Gasteiger partial charge on any atom is -0.504 e. The van der Waals surface area contributed by atoms with Gasteiger partial charge in [-0.15, -0.1) is 12.4 Å². The lowest BCUT2D eigenvalue weighted by Crippen LogP contribution is -2.29. The summed E-state index contributed by atoms with van der Waals surface area (Å²) in [4.78, 5) is 28.3. The van der Waals surface area contributed by atoms with Gasteiger partial charge in [0, 0.05) is 35.9 Å². The van der Waals surface area contributed by atoms with Crippen LogP contribution in [0.25, 0.3) is 11.3 Å². The number of halogens is 1. The molecular formula is C21H24ClN3O5. The molecule has 2 heterocycles. The van der Waals surface area contributed by atoms with Crippen LogP contribution < -0.4 is 20.5 Å². The Bertz CT molecular complexity index is 1060. The number of aromatic nitrogens is 1. The van der Waals surface area contributed by atoms with Crippen molar-refractivity contribution in [2.75, 3.05) is 25.0 Å². The fourth-order valence-electron chi connectivity index (χ4n) is 5.11. The molecule has 0 spiro atoms. The second-order valence-electron chi connectivity index (χ2n) is 8.10. The Morgan fingerprint density at radius 3 is 2.67 bits per heavy atom. The summed E-state index contributed by atoms with van der Waals surface area (Å²) in [6, 6.07) is 6.88. The molecule has 0 amide bonds. The fraction of sp³-hybridized carbons (Fsp3) is 0.429. The monoisotopic (exact) mass is 433 g/mol. The van der Waals surface area contributed by atoms with E-state index in [1.807, 2.05) is 13.1 Å². The molecule has 0 bridgehead atoms. The Labute approximate surface area is 179 Å². The van der Waals surface area contributed by atoms with Crippen LogP contribution >= 0.6 is 12.4 Å².